The third-order valence-electron chi connectivity index (χ3n) is 3.30. The monoisotopic (exact) mass is 250 g/mol. The molecule has 1 aliphatic carbocycles. The third kappa shape index (κ3) is 4.78. The topological polar surface area (TPSA) is 35.5 Å². The molecule has 18 heavy (non-hydrogen) atoms. The Hall–Kier alpha value is -1.51. The molecule has 1 aliphatic rings. The number of hydrogen-bond donors (Lipinski definition) is 0. The van der Waals surface area contributed by atoms with Crippen molar-refractivity contribution in [3.05, 3.63) is 36.8 Å². The first-order valence-corrected chi connectivity index (χ1v) is 6.34. The molecule has 0 amide bonds. The van der Waals surface area contributed by atoms with Crippen molar-refractivity contribution >= 4 is 5.97 Å². The highest BCUT2D eigenvalue weighted by Crippen LogP contribution is 2.29. The average molecular weight is 250 g/mol. The van der Waals surface area contributed by atoms with E-state index < -0.39 is 0 Å². The summed E-state index contributed by atoms with van der Waals surface area (Å²) in [5, 5.41) is 0. The van der Waals surface area contributed by atoms with Crippen molar-refractivity contribution in [2.45, 2.75) is 32.6 Å². The number of carbonyl (C=O) groups excluding carboxylic acids is 1. The molecule has 0 aliphatic heterocycles. The van der Waals surface area contributed by atoms with Gasteiger partial charge in [0.15, 0.2) is 0 Å². The van der Waals surface area contributed by atoms with E-state index in [1.807, 2.05) is 0 Å². The smallest absolute Gasteiger partial charge is 0.314 e. The van der Waals surface area contributed by atoms with E-state index in [0.717, 1.165) is 31.6 Å². The summed E-state index contributed by atoms with van der Waals surface area (Å²) in [7, 11) is 1.53. The molecule has 0 bridgehead atoms. The summed E-state index contributed by atoms with van der Waals surface area (Å²) in [4.78, 5) is 11.9. The minimum Gasteiger partial charge on any atom is -0.497 e. The van der Waals surface area contributed by atoms with Gasteiger partial charge in [0.2, 0.25) is 0 Å². The van der Waals surface area contributed by atoms with Gasteiger partial charge in [0.25, 0.3) is 0 Å². The van der Waals surface area contributed by atoms with Crippen LogP contribution in [0, 0.1) is 11.8 Å². The van der Waals surface area contributed by atoms with Crippen molar-refractivity contribution in [3.8, 4) is 0 Å². The van der Waals surface area contributed by atoms with Gasteiger partial charge in [-0.1, -0.05) is 20.1 Å². The van der Waals surface area contributed by atoms with Crippen LogP contribution < -0.4 is 0 Å². The molecular formula is C15H22O3. The third-order valence-corrected chi connectivity index (χ3v) is 3.30. The SMILES string of the molecule is C=C(/C=C\C(=C)OC(=O)C1CCC(C)CC1)OC. The molecule has 0 aromatic carbocycles. The molecule has 3 heteroatoms. The van der Waals surface area contributed by atoms with E-state index in [9.17, 15) is 4.79 Å². The fourth-order valence-electron chi connectivity index (χ4n) is 2.00. The van der Waals surface area contributed by atoms with E-state index in [0.29, 0.717) is 11.5 Å². The van der Waals surface area contributed by atoms with Gasteiger partial charge < -0.3 is 9.47 Å². The van der Waals surface area contributed by atoms with E-state index in [1.54, 1.807) is 12.2 Å². The number of methoxy groups -OCH3 is 1. The Morgan fingerprint density at radius 1 is 1.11 bits per heavy atom. The molecule has 0 unspecified atom stereocenters. The zero-order chi connectivity index (χ0) is 13.5. The van der Waals surface area contributed by atoms with E-state index in [1.165, 1.54) is 7.11 Å². The second kappa shape index (κ2) is 7.04. The van der Waals surface area contributed by atoms with Crippen molar-refractivity contribution in [2.24, 2.45) is 11.8 Å². The second-order valence-corrected chi connectivity index (χ2v) is 4.85. The summed E-state index contributed by atoms with van der Waals surface area (Å²) in [6.07, 6.45) is 7.25. The van der Waals surface area contributed by atoms with Gasteiger partial charge in [-0.3, -0.25) is 4.79 Å². The van der Waals surface area contributed by atoms with Crippen LogP contribution in [-0.4, -0.2) is 13.1 Å². The van der Waals surface area contributed by atoms with Crippen LogP contribution in [0.15, 0.2) is 36.8 Å². The average Bonchev–Trinajstić information content (AvgIpc) is 2.36. The van der Waals surface area contributed by atoms with E-state index in [2.05, 4.69) is 20.1 Å². The predicted octanol–water partition coefficient (Wildman–Crippen LogP) is 3.59. The largest absolute Gasteiger partial charge is 0.497 e. The summed E-state index contributed by atoms with van der Waals surface area (Å²) in [6.45, 7) is 9.54. The van der Waals surface area contributed by atoms with Gasteiger partial charge in [-0.25, -0.2) is 0 Å². The molecule has 0 N–H and O–H groups in total. The van der Waals surface area contributed by atoms with Gasteiger partial charge in [0, 0.05) is 0 Å². The number of rotatable bonds is 5. The number of carbonyl (C=O) groups is 1. The summed E-state index contributed by atoms with van der Waals surface area (Å²) < 4.78 is 10.1. The molecule has 0 aromatic rings. The lowest BCUT2D eigenvalue weighted by Gasteiger charge is -2.24. The van der Waals surface area contributed by atoms with E-state index >= 15 is 0 Å². The number of allylic oxidation sites excluding steroid dienone is 2. The van der Waals surface area contributed by atoms with Gasteiger partial charge >= 0.3 is 5.97 Å². The lowest BCUT2D eigenvalue weighted by Crippen LogP contribution is -2.22. The Bertz CT molecular complexity index is 347. The minimum absolute atomic E-state index is 0.0250. The maximum Gasteiger partial charge on any atom is 0.314 e. The number of ether oxygens (including phenoxy) is 2. The summed E-state index contributed by atoms with van der Waals surface area (Å²) in [6, 6.07) is 0. The van der Waals surface area contributed by atoms with Crippen LogP contribution in [0.5, 0.6) is 0 Å². The molecule has 0 radical (unpaired) electrons. The zero-order valence-corrected chi connectivity index (χ0v) is 11.3. The molecule has 1 rings (SSSR count). The van der Waals surface area contributed by atoms with E-state index in [-0.39, 0.29) is 11.9 Å². The van der Waals surface area contributed by atoms with Crippen molar-refractivity contribution < 1.29 is 14.3 Å². The zero-order valence-electron chi connectivity index (χ0n) is 11.3. The van der Waals surface area contributed by atoms with Crippen LogP contribution in [-0.2, 0) is 14.3 Å². The summed E-state index contributed by atoms with van der Waals surface area (Å²) in [5.74, 6) is 1.41. The highest BCUT2D eigenvalue weighted by Gasteiger charge is 2.25. The maximum atomic E-state index is 11.9. The van der Waals surface area contributed by atoms with Gasteiger partial charge in [-0.05, 0) is 43.8 Å². The normalized spacial score (nSPS) is 23.7. The van der Waals surface area contributed by atoms with Gasteiger partial charge in [0.1, 0.15) is 11.5 Å². The predicted molar refractivity (Wildman–Crippen MR) is 71.6 cm³/mol. The Kier molecular flexibility index (Phi) is 5.69. The van der Waals surface area contributed by atoms with Crippen molar-refractivity contribution in [1.82, 2.24) is 0 Å². The first-order valence-electron chi connectivity index (χ1n) is 6.34. The quantitative estimate of drug-likeness (QED) is 0.425. The Labute approximate surface area is 109 Å². The highest BCUT2D eigenvalue weighted by molar-refractivity contribution is 5.73. The molecule has 0 saturated heterocycles. The fraction of sp³-hybridized carbons (Fsp3) is 0.533. The molecule has 0 aromatic heterocycles. The highest BCUT2D eigenvalue weighted by atomic mass is 16.5. The van der Waals surface area contributed by atoms with Gasteiger partial charge in [0.05, 0.1) is 13.0 Å². The Morgan fingerprint density at radius 3 is 2.22 bits per heavy atom. The lowest BCUT2D eigenvalue weighted by molar-refractivity contribution is -0.145. The van der Waals surface area contributed by atoms with Crippen LogP contribution in [0.1, 0.15) is 32.6 Å². The molecule has 0 heterocycles. The molecule has 100 valence electrons. The van der Waals surface area contributed by atoms with Crippen molar-refractivity contribution in [3.63, 3.8) is 0 Å². The minimum atomic E-state index is -0.167. The van der Waals surface area contributed by atoms with Crippen LogP contribution >= 0.6 is 0 Å². The molecule has 0 spiro atoms. The van der Waals surface area contributed by atoms with E-state index in [4.69, 9.17) is 9.47 Å². The molecule has 0 atom stereocenters. The molecular weight excluding hydrogens is 228 g/mol. The number of hydrogen-bond acceptors (Lipinski definition) is 3. The Morgan fingerprint density at radius 2 is 1.67 bits per heavy atom. The molecule has 1 saturated carbocycles. The first kappa shape index (κ1) is 14.6. The maximum absolute atomic E-state index is 11.9. The van der Waals surface area contributed by atoms with Crippen LogP contribution in [0.4, 0.5) is 0 Å². The standard InChI is InChI=1S/C15H22O3/c1-11-5-9-14(10-6-11)15(16)18-13(3)8-7-12(2)17-4/h7-8,11,14H,2-3,5-6,9-10H2,1,4H3/b8-7-. The number of esters is 1. The second-order valence-electron chi connectivity index (χ2n) is 4.85. The molecule has 1 fully saturated rings. The van der Waals surface area contributed by atoms with Crippen LogP contribution in [0.3, 0.4) is 0 Å². The fourth-order valence-corrected chi connectivity index (χ4v) is 2.00. The summed E-state index contributed by atoms with van der Waals surface area (Å²) >= 11 is 0. The first-order chi connectivity index (χ1) is 8.52. The summed E-state index contributed by atoms with van der Waals surface area (Å²) in [5.41, 5.74) is 0. The van der Waals surface area contributed by atoms with Gasteiger partial charge in [-0.15, -0.1) is 0 Å². The molecule has 3 nitrogen and oxygen atoms in total. The van der Waals surface area contributed by atoms with Crippen molar-refractivity contribution in [1.29, 1.82) is 0 Å². The van der Waals surface area contributed by atoms with Gasteiger partial charge in [-0.2, -0.15) is 0 Å². The van der Waals surface area contributed by atoms with Crippen molar-refractivity contribution in [2.75, 3.05) is 7.11 Å². The lowest BCUT2D eigenvalue weighted by atomic mass is 9.83. The van der Waals surface area contributed by atoms with Crippen LogP contribution in [0.2, 0.25) is 0 Å². The Balaban J connectivity index is 2.38. The van der Waals surface area contributed by atoms with Crippen LogP contribution in [0.25, 0.3) is 0 Å².